The van der Waals surface area contributed by atoms with Crippen molar-refractivity contribution < 1.29 is 35.2 Å². The van der Waals surface area contributed by atoms with Crippen molar-refractivity contribution in [3.8, 4) is 16.9 Å². The van der Waals surface area contributed by atoms with E-state index in [-0.39, 0.29) is 58.9 Å². The third kappa shape index (κ3) is 5.74. The number of carbonyl (C=O) groups is 1. The van der Waals surface area contributed by atoms with Gasteiger partial charge in [-0.1, -0.05) is 12.6 Å². The molecule has 2 aliphatic rings. The number of anilines is 1. The molecule has 0 radical (unpaired) electrons. The molecule has 1 aliphatic carbocycles. The second-order valence-corrected chi connectivity index (χ2v) is 13.5. The van der Waals surface area contributed by atoms with Crippen LogP contribution in [0.15, 0.2) is 58.9 Å². The predicted molar refractivity (Wildman–Crippen MR) is 162 cm³/mol. The number of hydrogen-bond donors (Lipinski definition) is 0. The Kier molecular flexibility index (Phi) is 7.89. The van der Waals surface area contributed by atoms with E-state index >= 15 is 8.78 Å². The monoisotopic (exact) mass is 674 g/mol. The number of alkyl halides is 3. The molecule has 0 unspecified atom stereocenters. The maximum atomic E-state index is 16.0. The fraction of sp³-hybridized carbons (Fsp3) is 0.323. The molecule has 6 rings (SSSR count). The lowest BCUT2D eigenvalue weighted by molar-refractivity contribution is -0.137. The summed E-state index contributed by atoms with van der Waals surface area (Å²) in [7, 11) is -4.05. The van der Waals surface area contributed by atoms with E-state index in [1.54, 1.807) is 11.8 Å². The van der Waals surface area contributed by atoms with Gasteiger partial charge in [0.25, 0.3) is 0 Å². The van der Waals surface area contributed by atoms with Crippen LogP contribution in [0, 0.1) is 11.6 Å². The predicted octanol–water partition coefficient (Wildman–Crippen LogP) is 4.64. The maximum absolute atomic E-state index is 16.0. The molecule has 0 N–H and O–H groups in total. The normalized spacial score (nSPS) is 17.3. The second kappa shape index (κ2) is 11.5. The van der Waals surface area contributed by atoms with Crippen molar-refractivity contribution in [1.29, 1.82) is 0 Å². The van der Waals surface area contributed by atoms with Crippen LogP contribution >= 0.6 is 0 Å². The first-order valence-corrected chi connectivity index (χ1v) is 16.4. The Labute approximate surface area is 265 Å². The first kappa shape index (κ1) is 32.2. The minimum atomic E-state index is -5.10. The third-order valence-electron chi connectivity index (χ3n) is 8.25. The van der Waals surface area contributed by atoms with Gasteiger partial charge in [-0.2, -0.15) is 18.2 Å². The number of halogens is 5. The van der Waals surface area contributed by atoms with Gasteiger partial charge in [-0.25, -0.2) is 31.5 Å². The molecule has 246 valence electrons. The molecule has 1 saturated carbocycles. The number of rotatable bonds is 6. The van der Waals surface area contributed by atoms with Gasteiger partial charge in [0.2, 0.25) is 5.91 Å². The van der Waals surface area contributed by atoms with Crippen LogP contribution in [-0.2, 0) is 20.8 Å². The molecule has 4 heterocycles. The van der Waals surface area contributed by atoms with E-state index < -0.39 is 61.8 Å². The highest BCUT2D eigenvalue weighted by Crippen LogP contribution is 2.44. The number of nitrogens with zero attached hydrogens (tertiary/aromatic N) is 6. The zero-order chi connectivity index (χ0) is 34.0. The summed E-state index contributed by atoms with van der Waals surface area (Å²) in [6.45, 7) is 5.68. The number of aromatic nitrogens is 4. The average Bonchev–Trinajstić information content (AvgIpc) is 3.85. The standard InChI is InChI=1S/C31H27F5N6O4S/c1-4-23(43)40-12-13-41(16(2)15-40)28-18-14-21(33)26(24-19(31(34,35)36)6-5-7-20(24)32)38-29(18)42(30(44)39-28)27-22(47(3,45)46)10-11-37-25(27)17-8-9-17/h4-7,10-11,14,16-17H,1,8-9,12-13,15H2,2-3H3/t16-/m0/s1. The molecular weight excluding hydrogens is 647 g/mol. The van der Waals surface area contributed by atoms with Crippen molar-refractivity contribution in [3.63, 3.8) is 0 Å². The van der Waals surface area contributed by atoms with Crippen LogP contribution in [0.1, 0.15) is 36.9 Å². The van der Waals surface area contributed by atoms with Crippen LogP contribution < -0.4 is 10.6 Å². The van der Waals surface area contributed by atoms with Crippen LogP contribution in [0.2, 0.25) is 0 Å². The van der Waals surface area contributed by atoms with Gasteiger partial charge in [0.1, 0.15) is 17.3 Å². The molecule has 2 fully saturated rings. The van der Waals surface area contributed by atoms with Gasteiger partial charge in [0, 0.05) is 44.0 Å². The molecule has 10 nitrogen and oxygen atoms in total. The number of carbonyl (C=O) groups excluding carboxylic acids is 1. The van der Waals surface area contributed by atoms with Gasteiger partial charge in [-0.05, 0) is 50.1 Å². The Bertz CT molecular complexity index is 2130. The largest absolute Gasteiger partial charge is 0.417 e. The molecule has 1 saturated heterocycles. The molecule has 1 aromatic carbocycles. The fourth-order valence-electron chi connectivity index (χ4n) is 5.94. The highest BCUT2D eigenvalue weighted by Gasteiger charge is 2.38. The van der Waals surface area contributed by atoms with Gasteiger partial charge in [0.15, 0.2) is 21.3 Å². The smallest absolute Gasteiger partial charge is 0.350 e. The summed E-state index contributed by atoms with van der Waals surface area (Å²) in [4.78, 5) is 41.9. The van der Waals surface area contributed by atoms with E-state index in [0.717, 1.165) is 35.1 Å². The third-order valence-corrected chi connectivity index (χ3v) is 9.37. The molecule has 47 heavy (non-hydrogen) atoms. The molecule has 0 bridgehead atoms. The second-order valence-electron chi connectivity index (χ2n) is 11.5. The number of benzene rings is 1. The fourth-order valence-corrected chi connectivity index (χ4v) is 6.79. The summed E-state index contributed by atoms with van der Waals surface area (Å²) in [5, 5.41) is -0.156. The number of fused-ring (bicyclic) bond motifs is 1. The van der Waals surface area contributed by atoms with E-state index in [1.807, 2.05) is 0 Å². The molecular formula is C31H27F5N6O4S. The van der Waals surface area contributed by atoms with Crippen molar-refractivity contribution in [2.24, 2.45) is 0 Å². The van der Waals surface area contributed by atoms with Crippen molar-refractivity contribution in [2.75, 3.05) is 30.8 Å². The summed E-state index contributed by atoms with van der Waals surface area (Å²) < 4.78 is 100. The summed E-state index contributed by atoms with van der Waals surface area (Å²) in [6, 6.07) is 3.62. The number of hydrogen-bond acceptors (Lipinski definition) is 8. The lowest BCUT2D eigenvalue weighted by Crippen LogP contribution is -2.54. The lowest BCUT2D eigenvalue weighted by Gasteiger charge is -2.40. The lowest BCUT2D eigenvalue weighted by atomic mass is 10.0. The van der Waals surface area contributed by atoms with Crippen molar-refractivity contribution >= 4 is 32.6 Å². The first-order valence-electron chi connectivity index (χ1n) is 14.5. The Morgan fingerprint density at radius 3 is 2.43 bits per heavy atom. The summed E-state index contributed by atoms with van der Waals surface area (Å²) >= 11 is 0. The van der Waals surface area contributed by atoms with Gasteiger partial charge < -0.3 is 9.80 Å². The zero-order valence-electron chi connectivity index (χ0n) is 25.1. The molecule has 0 spiro atoms. The Balaban J connectivity index is 1.71. The molecule has 1 amide bonds. The number of amides is 1. The maximum Gasteiger partial charge on any atom is 0.417 e. The van der Waals surface area contributed by atoms with Gasteiger partial charge in [-0.3, -0.25) is 9.78 Å². The van der Waals surface area contributed by atoms with Crippen LogP contribution in [0.3, 0.4) is 0 Å². The van der Waals surface area contributed by atoms with Crippen molar-refractivity contribution in [3.05, 3.63) is 82.6 Å². The quantitative estimate of drug-likeness (QED) is 0.215. The van der Waals surface area contributed by atoms with Gasteiger partial charge in [0.05, 0.1) is 32.8 Å². The summed E-state index contributed by atoms with van der Waals surface area (Å²) in [5.74, 6) is -3.43. The molecule has 4 aromatic rings. The van der Waals surface area contributed by atoms with Crippen LogP contribution in [0.5, 0.6) is 0 Å². The topological polar surface area (TPSA) is 118 Å². The average molecular weight is 675 g/mol. The van der Waals surface area contributed by atoms with Crippen LogP contribution in [-0.4, -0.2) is 70.7 Å². The van der Waals surface area contributed by atoms with E-state index in [2.05, 4.69) is 21.5 Å². The highest BCUT2D eigenvalue weighted by molar-refractivity contribution is 7.90. The van der Waals surface area contributed by atoms with Crippen LogP contribution in [0.25, 0.3) is 28.0 Å². The van der Waals surface area contributed by atoms with Crippen molar-refractivity contribution in [1.82, 2.24) is 24.4 Å². The van der Waals surface area contributed by atoms with E-state index in [0.29, 0.717) is 18.9 Å². The number of sulfone groups is 1. The van der Waals surface area contributed by atoms with Crippen molar-refractivity contribution in [2.45, 2.75) is 42.8 Å². The molecule has 3 aromatic heterocycles. The minimum absolute atomic E-state index is 0.0975. The Morgan fingerprint density at radius 2 is 1.81 bits per heavy atom. The Hall–Kier alpha value is -4.73. The molecule has 16 heteroatoms. The zero-order valence-corrected chi connectivity index (χ0v) is 25.9. The molecule has 1 aliphatic heterocycles. The summed E-state index contributed by atoms with van der Waals surface area (Å²) in [5.41, 5.74) is -5.25. The Morgan fingerprint density at radius 1 is 1.09 bits per heavy atom. The van der Waals surface area contributed by atoms with E-state index in [1.165, 1.54) is 17.2 Å². The summed E-state index contributed by atoms with van der Waals surface area (Å²) in [6.07, 6.45) is -0.533. The van der Waals surface area contributed by atoms with Gasteiger partial charge in [-0.15, -0.1) is 0 Å². The van der Waals surface area contributed by atoms with Crippen LogP contribution in [0.4, 0.5) is 27.8 Å². The first-order chi connectivity index (χ1) is 22.1. The number of pyridine rings is 2. The molecule has 1 atom stereocenters. The number of piperazine rings is 1. The van der Waals surface area contributed by atoms with E-state index in [9.17, 15) is 31.2 Å². The highest BCUT2D eigenvalue weighted by atomic mass is 32.2. The van der Waals surface area contributed by atoms with E-state index in [4.69, 9.17) is 0 Å². The van der Waals surface area contributed by atoms with Gasteiger partial charge >= 0.3 is 11.9 Å². The SMILES string of the molecule is C=CC(=O)N1CCN(c2nc(=O)n(-c3c(S(C)(=O)=O)ccnc3C3CC3)c3nc(-c4c(F)cccc4C(F)(F)F)c(F)cc23)[C@@H](C)C1. The minimum Gasteiger partial charge on any atom is -0.350 e.